The van der Waals surface area contributed by atoms with Gasteiger partial charge in [0, 0.05) is 42.4 Å². The van der Waals surface area contributed by atoms with Gasteiger partial charge in [-0.25, -0.2) is 0 Å². The first-order valence-electron chi connectivity index (χ1n) is 8.81. The Morgan fingerprint density at radius 1 is 1.04 bits per heavy atom. The molecule has 0 aliphatic heterocycles. The summed E-state index contributed by atoms with van der Waals surface area (Å²) in [7, 11) is 1.68. The highest BCUT2D eigenvalue weighted by molar-refractivity contribution is 7.98. The van der Waals surface area contributed by atoms with E-state index >= 15 is 0 Å². The van der Waals surface area contributed by atoms with E-state index in [-0.39, 0.29) is 0 Å². The van der Waals surface area contributed by atoms with Crippen LogP contribution >= 0.6 is 11.8 Å². The predicted molar refractivity (Wildman–Crippen MR) is 107 cm³/mol. The highest BCUT2D eigenvalue weighted by atomic mass is 32.2. The Kier molecular flexibility index (Phi) is 5.79. The highest BCUT2D eigenvalue weighted by Gasteiger charge is 2.15. The third-order valence-electron chi connectivity index (χ3n) is 4.14. The fraction of sp³-hybridized carbons (Fsp3) is 0.200. The van der Waals surface area contributed by atoms with Crippen molar-refractivity contribution in [2.45, 2.75) is 17.5 Å². The molecule has 0 saturated heterocycles. The average molecular weight is 393 g/mol. The molecule has 0 saturated carbocycles. The minimum absolute atomic E-state index is 0.575. The second-order valence-electron chi connectivity index (χ2n) is 6.02. The molecular formula is C20H19N5O2S. The second kappa shape index (κ2) is 8.81. The summed E-state index contributed by atoms with van der Waals surface area (Å²) < 4.78 is 12.8. The number of benzene rings is 1. The van der Waals surface area contributed by atoms with Crippen LogP contribution < -0.4 is 0 Å². The molecule has 3 heterocycles. The van der Waals surface area contributed by atoms with Crippen molar-refractivity contribution in [2.75, 3.05) is 13.7 Å². The van der Waals surface area contributed by atoms with Crippen LogP contribution in [-0.2, 0) is 17.0 Å². The molecule has 0 spiro atoms. The summed E-state index contributed by atoms with van der Waals surface area (Å²) >= 11 is 1.57. The van der Waals surface area contributed by atoms with Gasteiger partial charge in [0.05, 0.1) is 18.8 Å². The predicted octanol–water partition coefficient (Wildman–Crippen LogP) is 3.93. The summed E-state index contributed by atoms with van der Waals surface area (Å²) in [5, 5.41) is 13.7. The minimum Gasteiger partial charge on any atom is -0.383 e. The second-order valence-corrected chi connectivity index (χ2v) is 6.97. The molecule has 0 bridgehead atoms. The van der Waals surface area contributed by atoms with E-state index in [1.807, 2.05) is 48.5 Å². The number of methoxy groups -OCH3 is 1. The first-order chi connectivity index (χ1) is 13.8. The molecule has 142 valence electrons. The number of thioether (sulfide) groups is 1. The average Bonchev–Trinajstić information content (AvgIpc) is 3.39. The molecule has 0 N–H and O–H groups in total. The highest BCUT2D eigenvalue weighted by Crippen LogP contribution is 2.27. The van der Waals surface area contributed by atoms with Gasteiger partial charge >= 0.3 is 0 Å². The van der Waals surface area contributed by atoms with Crippen molar-refractivity contribution < 1.29 is 9.26 Å². The van der Waals surface area contributed by atoms with E-state index in [1.54, 1.807) is 31.3 Å². The molecule has 4 aromatic rings. The maximum Gasteiger partial charge on any atom is 0.191 e. The van der Waals surface area contributed by atoms with Crippen LogP contribution in [0.3, 0.4) is 0 Å². The van der Waals surface area contributed by atoms with Gasteiger partial charge in [0.2, 0.25) is 0 Å². The van der Waals surface area contributed by atoms with Crippen LogP contribution in [0.15, 0.2) is 70.6 Å². The lowest BCUT2D eigenvalue weighted by molar-refractivity contribution is 0.185. The summed E-state index contributed by atoms with van der Waals surface area (Å²) in [6, 6.07) is 15.7. The molecule has 1 aromatic carbocycles. The zero-order valence-corrected chi connectivity index (χ0v) is 16.2. The van der Waals surface area contributed by atoms with Crippen LogP contribution in [0.25, 0.3) is 22.7 Å². The molecule has 7 nitrogen and oxygen atoms in total. The van der Waals surface area contributed by atoms with E-state index in [4.69, 9.17) is 9.26 Å². The zero-order valence-electron chi connectivity index (χ0n) is 15.4. The molecule has 0 amide bonds. The summed E-state index contributed by atoms with van der Waals surface area (Å²) in [6.07, 6.45) is 3.50. The topological polar surface area (TPSA) is 78.9 Å². The standard InChI is InChI=1S/C20H19N5O2S/c1-26-12-11-25-19(16-7-9-21-10-8-16)22-23-20(25)28-14-17-13-18(27-24-17)15-5-3-2-4-6-15/h2-10,13H,11-12,14H2,1H3. The molecule has 28 heavy (non-hydrogen) atoms. The van der Waals surface area contributed by atoms with Gasteiger partial charge < -0.3 is 9.26 Å². The SMILES string of the molecule is COCCn1c(SCc2cc(-c3ccccc3)on2)nnc1-c1ccncc1. The summed E-state index contributed by atoms with van der Waals surface area (Å²) in [5.41, 5.74) is 2.84. The maximum absolute atomic E-state index is 5.48. The molecule has 4 rings (SSSR count). The van der Waals surface area contributed by atoms with Crippen molar-refractivity contribution in [1.29, 1.82) is 0 Å². The largest absolute Gasteiger partial charge is 0.383 e. The Balaban J connectivity index is 1.52. The molecular weight excluding hydrogens is 374 g/mol. The number of nitrogens with zero attached hydrogens (tertiary/aromatic N) is 5. The van der Waals surface area contributed by atoms with E-state index in [0.29, 0.717) is 18.9 Å². The Labute approximate surface area is 166 Å². The van der Waals surface area contributed by atoms with E-state index in [2.05, 4.69) is 24.9 Å². The Bertz CT molecular complexity index is 1020. The Morgan fingerprint density at radius 2 is 1.86 bits per heavy atom. The van der Waals surface area contributed by atoms with Gasteiger partial charge in [0.15, 0.2) is 16.7 Å². The molecule has 0 unspecified atom stereocenters. The van der Waals surface area contributed by atoms with Gasteiger partial charge in [0.1, 0.15) is 0 Å². The van der Waals surface area contributed by atoms with Gasteiger partial charge in [-0.3, -0.25) is 9.55 Å². The van der Waals surface area contributed by atoms with Crippen LogP contribution in [0.4, 0.5) is 0 Å². The van der Waals surface area contributed by atoms with Crippen molar-refractivity contribution in [2.24, 2.45) is 0 Å². The fourth-order valence-electron chi connectivity index (χ4n) is 2.75. The molecule has 0 aliphatic carbocycles. The van der Waals surface area contributed by atoms with Crippen LogP contribution in [0.1, 0.15) is 5.69 Å². The third-order valence-corrected chi connectivity index (χ3v) is 5.14. The molecule has 8 heteroatoms. The molecule has 0 radical (unpaired) electrons. The van der Waals surface area contributed by atoms with E-state index in [0.717, 1.165) is 33.6 Å². The quantitative estimate of drug-likeness (QED) is 0.420. The molecule has 0 aliphatic rings. The van der Waals surface area contributed by atoms with Gasteiger partial charge in [-0.05, 0) is 12.1 Å². The van der Waals surface area contributed by atoms with E-state index < -0.39 is 0 Å². The third kappa shape index (κ3) is 4.13. The lowest BCUT2D eigenvalue weighted by atomic mass is 10.2. The van der Waals surface area contributed by atoms with Crippen LogP contribution in [0.5, 0.6) is 0 Å². The number of ether oxygens (including phenoxy) is 1. The minimum atomic E-state index is 0.575. The van der Waals surface area contributed by atoms with Crippen molar-refractivity contribution in [3.8, 4) is 22.7 Å². The van der Waals surface area contributed by atoms with Crippen LogP contribution in [-0.4, -0.2) is 38.6 Å². The zero-order chi connectivity index (χ0) is 19.2. The number of aromatic nitrogens is 5. The number of rotatable bonds is 8. The first-order valence-corrected chi connectivity index (χ1v) is 9.80. The number of hydrogen-bond donors (Lipinski definition) is 0. The maximum atomic E-state index is 5.48. The van der Waals surface area contributed by atoms with Crippen molar-refractivity contribution in [3.05, 3.63) is 66.6 Å². The fourth-order valence-corrected chi connectivity index (χ4v) is 3.60. The number of hydrogen-bond acceptors (Lipinski definition) is 7. The van der Waals surface area contributed by atoms with E-state index in [9.17, 15) is 0 Å². The Morgan fingerprint density at radius 3 is 2.64 bits per heavy atom. The lowest BCUT2D eigenvalue weighted by Crippen LogP contribution is -2.07. The van der Waals surface area contributed by atoms with Gasteiger partial charge in [-0.1, -0.05) is 47.3 Å². The Hall–Kier alpha value is -2.97. The van der Waals surface area contributed by atoms with Crippen molar-refractivity contribution in [3.63, 3.8) is 0 Å². The smallest absolute Gasteiger partial charge is 0.191 e. The van der Waals surface area contributed by atoms with Crippen molar-refractivity contribution >= 4 is 11.8 Å². The normalized spacial score (nSPS) is 11.0. The van der Waals surface area contributed by atoms with Crippen LogP contribution in [0, 0.1) is 0 Å². The monoisotopic (exact) mass is 393 g/mol. The van der Waals surface area contributed by atoms with Gasteiger partial charge in [-0.15, -0.1) is 10.2 Å². The first kappa shape index (κ1) is 18.4. The molecule has 0 atom stereocenters. The van der Waals surface area contributed by atoms with Crippen LogP contribution in [0.2, 0.25) is 0 Å². The molecule has 0 fully saturated rings. The van der Waals surface area contributed by atoms with E-state index in [1.165, 1.54) is 0 Å². The number of pyridine rings is 1. The summed E-state index contributed by atoms with van der Waals surface area (Å²) in [4.78, 5) is 4.07. The summed E-state index contributed by atoms with van der Waals surface area (Å²) in [6.45, 7) is 1.24. The molecule has 3 aromatic heterocycles. The van der Waals surface area contributed by atoms with Gasteiger partial charge in [-0.2, -0.15) is 0 Å². The summed E-state index contributed by atoms with van der Waals surface area (Å²) in [5.74, 6) is 2.19. The lowest BCUT2D eigenvalue weighted by Gasteiger charge is -2.09. The van der Waals surface area contributed by atoms with Crippen molar-refractivity contribution in [1.82, 2.24) is 24.9 Å². The van der Waals surface area contributed by atoms with Gasteiger partial charge in [0.25, 0.3) is 0 Å².